The lowest BCUT2D eigenvalue weighted by molar-refractivity contribution is 0.0990. The Kier molecular flexibility index (Phi) is 3.40. The Morgan fingerprint density at radius 3 is 2.43 bits per heavy atom. The van der Waals surface area contributed by atoms with Gasteiger partial charge in [0.25, 0.3) is 0 Å². The molecule has 0 N–H and O–H groups in total. The molecule has 0 aromatic carbocycles. The second-order valence-electron chi connectivity index (χ2n) is 6.85. The predicted octanol–water partition coefficient (Wildman–Crippen LogP) is 3.60. The quantitative estimate of drug-likeness (QED) is 0.791. The van der Waals surface area contributed by atoms with Gasteiger partial charge in [-0.05, 0) is 62.5 Å². The number of hydrogen-bond acceptors (Lipinski definition) is 2. The van der Waals surface area contributed by atoms with Gasteiger partial charge in [-0.1, -0.05) is 0 Å². The van der Waals surface area contributed by atoms with E-state index in [0.717, 1.165) is 25.9 Å². The zero-order chi connectivity index (χ0) is 14.2. The molecular formula is C17H24N2O2. The third-order valence-electron chi connectivity index (χ3n) is 5.60. The fraction of sp³-hybridized carbons (Fsp3) is 0.706. The average Bonchev–Trinajstić information content (AvgIpc) is 3.14. The van der Waals surface area contributed by atoms with Crippen LogP contribution in [0.3, 0.4) is 0 Å². The van der Waals surface area contributed by atoms with E-state index >= 15 is 0 Å². The monoisotopic (exact) mass is 288 g/mol. The Labute approximate surface area is 126 Å². The first-order valence-electron chi connectivity index (χ1n) is 8.42. The number of carbonyl (C=O) groups excluding carboxylic acids is 1. The zero-order valence-corrected chi connectivity index (χ0v) is 12.5. The summed E-state index contributed by atoms with van der Waals surface area (Å²) in [5.74, 6) is 0.576. The summed E-state index contributed by atoms with van der Waals surface area (Å²) in [6.07, 6.45) is 11.8. The van der Waals surface area contributed by atoms with Crippen LogP contribution >= 0.6 is 0 Å². The minimum Gasteiger partial charge on any atom is -0.472 e. The van der Waals surface area contributed by atoms with Crippen molar-refractivity contribution in [2.24, 2.45) is 0 Å². The molecule has 2 unspecified atom stereocenters. The molecule has 4 heteroatoms. The van der Waals surface area contributed by atoms with Gasteiger partial charge in [0.05, 0.1) is 12.5 Å². The highest BCUT2D eigenvalue weighted by molar-refractivity contribution is 5.76. The van der Waals surface area contributed by atoms with Crippen LogP contribution in [0, 0.1) is 0 Å². The first-order valence-corrected chi connectivity index (χ1v) is 8.42. The molecule has 1 aromatic rings. The van der Waals surface area contributed by atoms with E-state index in [9.17, 15) is 4.79 Å². The lowest BCUT2D eigenvalue weighted by Crippen LogP contribution is -2.52. The van der Waals surface area contributed by atoms with Crippen molar-refractivity contribution in [3.63, 3.8) is 0 Å². The van der Waals surface area contributed by atoms with E-state index in [-0.39, 0.29) is 0 Å². The Hall–Kier alpha value is -1.45. The van der Waals surface area contributed by atoms with Crippen LogP contribution in [0.4, 0.5) is 4.79 Å². The number of piperidine rings is 2. The van der Waals surface area contributed by atoms with Gasteiger partial charge >= 0.3 is 6.03 Å². The highest BCUT2D eigenvalue weighted by atomic mass is 16.3. The number of furan rings is 1. The number of amides is 2. The van der Waals surface area contributed by atoms with Gasteiger partial charge in [0.15, 0.2) is 0 Å². The summed E-state index contributed by atoms with van der Waals surface area (Å²) < 4.78 is 5.24. The van der Waals surface area contributed by atoms with Gasteiger partial charge in [0.1, 0.15) is 0 Å². The summed E-state index contributed by atoms with van der Waals surface area (Å²) in [5, 5.41) is 0. The molecule has 3 saturated heterocycles. The molecule has 3 aliphatic heterocycles. The first kappa shape index (κ1) is 13.2. The molecule has 114 valence electrons. The van der Waals surface area contributed by atoms with E-state index in [2.05, 4.69) is 15.9 Å². The van der Waals surface area contributed by atoms with Crippen molar-refractivity contribution in [3.8, 4) is 0 Å². The third-order valence-corrected chi connectivity index (χ3v) is 5.60. The Morgan fingerprint density at radius 1 is 1.10 bits per heavy atom. The molecule has 0 spiro atoms. The molecule has 21 heavy (non-hydrogen) atoms. The molecule has 4 heterocycles. The zero-order valence-electron chi connectivity index (χ0n) is 12.5. The molecule has 0 aliphatic carbocycles. The summed E-state index contributed by atoms with van der Waals surface area (Å²) in [5.41, 5.74) is 1.32. The lowest BCUT2D eigenvalue weighted by Gasteiger charge is -2.42. The molecule has 0 saturated carbocycles. The van der Waals surface area contributed by atoms with Crippen molar-refractivity contribution in [2.45, 2.75) is 62.9 Å². The molecular weight excluding hydrogens is 264 g/mol. The van der Waals surface area contributed by atoms with E-state index in [4.69, 9.17) is 4.42 Å². The number of urea groups is 1. The number of hydrogen-bond donors (Lipinski definition) is 0. The lowest BCUT2D eigenvalue weighted by atomic mass is 9.86. The topological polar surface area (TPSA) is 36.7 Å². The van der Waals surface area contributed by atoms with Crippen LogP contribution in [0.5, 0.6) is 0 Å². The van der Waals surface area contributed by atoms with Crippen LogP contribution in [0.1, 0.15) is 56.4 Å². The van der Waals surface area contributed by atoms with E-state index < -0.39 is 0 Å². The smallest absolute Gasteiger partial charge is 0.320 e. The van der Waals surface area contributed by atoms with Gasteiger partial charge < -0.3 is 14.2 Å². The second kappa shape index (κ2) is 5.39. The number of fused-ring (bicyclic) bond motifs is 2. The second-order valence-corrected chi connectivity index (χ2v) is 6.85. The summed E-state index contributed by atoms with van der Waals surface area (Å²) >= 11 is 0. The van der Waals surface area contributed by atoms with Gasteiger partial charge in [0, 0.05) is 25.2 Å². The van der Waals surface area contributed by atoms with Gasteiger partial charge in [0.2, 0.25) is 0 Å². The number of likely N-dealkylation sites (tertiary alicyclic amines) is 1. The molecule has 4 rings (SSSR count). The average molecular weight is 288 g/mol. The van der Waals surface area contributed by atoms with E-state index in [1.165, 1.54) is 37.7 Å². The van der Waals surface area contributed by atoms with Crippen molar-refractivity contribution in [1.82, 2.24) is 9.80 Å². The Balaban J connectivity index is 1.47. The van der Waals surface area contributed by atoms with Crippen LogP contribution < -0.4 is 0 Å². The van der Waals surface area contributed by atoms with Crippen molar-refractivity contribution in [3.05, 3.63) is 24.2 Å². The van der Waals surface area contributed by atoms with Crippen molar-refractivity contribution >= 4 is 6.03 Å². The van der Waals surface area contributed by atoms with Crippen molar-refractivity contribution in [1.29, 1.82) is 0 Å². The van der Waals surface area contributed by atoms with E-state index in [1.54, 1.807) is 6.26 Å². The Morgan fingerprint density at radius 2 is 1.81 bits per heavy atom. The first-order chi connectivity index (χ1) is 10.3. The van der Waals surface area contributed by atoms with Crippen molar-refractivity contribution < 1.29 is 9.21 Å². The Bertz CT molecular complexity index is 479. The van der Waals surface area contributed by atoms with Gasteiger partial charge in [-0.25, -0.2) is 4.79 Å². The van der Waals surface area contributed by atoms with Crippen LogP contribution in [0.15, 0.2) is 23.0 Å². The molecule has 2 atom stereocenters. The summed E-state index contributed by atoms with van der Waals surface area (Å²) in [6.45, 7) is 1.92. The molecule has 0 radical (unpaired) electrons. The predicted molar refractivity (Wildman–Crippen MR) is 80.2 cm³/mol. The SMILES string of the molecule is O=C(N1CCCCC1)N1C2CCC1CC(c1ccoc1)C2. The highest BCUT2D eigenvalue weighted by Gasteiger charge is 2.45. The van der Waals surface area contributed by atoms with Gasteiger partial charge in [-0.2, -0.15) is 0 Å². The highest BCUT2D eigenvalue weighted by Crippen LogP contribution is 2.43. The minimum absolute atomic E-state index is 0.313. The number of rotatable bonds is 1. The largest absolute Gasteiger partial charge is 0.472 e. The fourth-order valence-corrected chi connectivity index (χ4v) is 4.52. The third kappa shape index (κ3) is 2.34. The maximum absolute atomic E-state index is 12.8. The number of carbonyl (C=O) groups is 1. The summed E-state index contributed by atoms with van der Waals surface area (Å²) in [7, 11) is 0. The standard InChI is InChI=1S/C17H24N2O2/c20-17(18-7-2-1-3-8-18)19-15-4-5-16(19)11-14(10-15)13-6-9-21-12-13/h6,9,12,14-16H,1-5,7-8,10-11H2. The molecule has 4 nitrogen and oxygen atoms in total. The van der Waals surface area contributed by atoms with Crippen LogP contribution in [-0.4, -0.2) is 41.0 Å². The molecule has 3 aliphatic rings. The molecule has 2 amide bonds. The van der Waals surface area contributed by atoms with Crippen LogP contribution in [0.2, 0.25) is 0 Å². The van der Waals surface area contributed by atoms with Gasteiger partial charge in [-0.15, -0.1) is 0 Å². The van der Waals surface area contributed by atoms with Crippen LogP contribution in [0.25, 0.3) is 0 Å². The minimum atomic E-state index is 0.313. The van der Waals surface area contributed by atoms with Crippen LogP contribution in [-0.2, 0) is 0 Å². The molecule has 1 aromatic heterocycles. The normalized spacial score (nSPS) is 32.5. The molecule has 2 bridgehead atoms. The summed E-state index contributed by atoms with van der Waals surface area (Å²) in [4.78, 5) is 17.2. The maximum atomic E-state index is 12.8. The maximum Gasteiger partial charge on any atom is 0.320 e. The van der Waals surface area contributed by atoms with Gasteiger partial charge in [-0.3, -0.25) is 0 Å². The fourth-order valence-electron chi connectivity index (χ4n) is 4.52. The van der Waals surface area contributed by atoms with E-state index in [1.807, 2.05) is 6.26 Å². The van der Waals surface area contributed by atoms with Crippen molar-refractivity contribution in [2.75, 3.05) is 13.1 Å². The number of nitrogens with zero attached hydrogens (tertiary/aromatic N) is 2. The molecule has 3 fully saturated rings. The van der Waals surface area contributed by atoms with E-state index in [0.29, 0.717) is 24.0 Å². The summed E-state index contributed by atoms with van der Waals surface area (Å²) in [6, 6.07) is 3.29.